The molecule has 106 valence electrons. The van der Waals surface area contributed by atoms with E-state index in [-0.39, 0.29) is 12.1 Å². The van der Waals surface area contributed by atoms with Crippen molar-refractivity contribution >= 4 is 6.09 Å². The maximum Gasteiger partial charge on any atom is 0.407 e. The average Bonchev–Trinajstić information content (AvgIpc) is 3.04. The normalized spacial score (nSPS) is 19.2. The number of amides is 1. The van der Waals surface area contributed by atoms with Gasteiger partial charge in [0, 0.05) is 18.6 Å². The summed E-state index contributed by atoms with van der Waals surface area (Å²) >= 11 is 0. The van der Waals surface area contributed by atoms with Gasteiger partial charge < -0.3 is 15.4 Å². The Hall–Kier alpha value is -0.770. The van der Waals surface area contributed by atoms with Gasteiger partial charge in [-0.15, -0.1) is 0 Å². The van der Waals surface area contributed by atoms with Crippen LogP contribution in [0.3, 0.4) is 0 Å². The predicted molar refractivity (Wildman–Crippen MR) is 73.6 cm³/mol. The molecule has 0 bridgehead atoms. The van der Waals surface area contributed by atoms with Crippen LogP contribution in [0.25, 0.3) is 0 Å². The van der Waals surface area contributed by atoms with E-state index in [0.29, 0.717) is 12.6 Å². The third-order valence-electron chi connectivity index (χ3n) is 3.08. The van der Waals surface area contributed by atoms with Crippen LogP contribution >= 0.6 is 0 Å². The molecular weight excluding hydrogens is 228 g/mol. The Morgan fingerprint density at radius 2 is 2.00 bits per heavy atom. The van der Waals surface area contributed by atoms with Gasteiger partial charge in [-0.3, -0.25) is 0 Å². The molecule has 0 saturated heterocycles. The first-order valence-electron chi connectivity index (χ1n) is 7.04. The number of hydrogen-bond donors (Lipinski definition) is 2. The average molecular weight is 256 g/mol. The minimum Gasteiger partial charge on any atom is -0.444 e. The highest BCUT2D eigenvalue weighted by Gasteiger charge is 2.30. The molecule has 0 aliphatic heterocycles. The van der Waals surface area contributed by atoms with Gasteiger partial charge in [0.15, 0.2) is 0 Å². The van der Waals surface area contributed by atoms with Crippen molar-refractivity contribution in [2.75, 3.05) is 6.54 Å². The first-order chi connectivity index (χ1) is 8.31. The van der Waals surface area contributed by atoms with Crippen molar-refractivity contribution in [3.8, 4) is 0 Å². The van der Waals surface area contributed by atoms with Crippen molar-refractivity contribution in [3.63, 3.8) is 0 Å². The van der Waals surface area contributed by atoms with Crippen LogP contribution in [-0.4, -0.2) is 30.3 Å². The minimum absolute atomic E-state index is 0.281. The van der Waals surface area contributed by atoms with Gasteiger partial charge in [-0.05, 0) is 52.9 Å². The number of ether oxygens (including phenoxy) is 1. The highest BCUT2D eigenvalue weighted by Crippen LogP contribution is 2.34. The molecule has 0 heterocycles. The molecular formula is C14H28N2O2. The van der Waals surface area contributed by atoms with Crippen molar-refractivity contribution in [2.24, 2.45) is 5.92 Å². The number of rotatable bonds is 6. The molecule has 2 N–H and O–H groups in total. The third kappa shape index (κ3) is 6.24. The molecule has 1 aliphatic rings. The molecule has 1 aliphatic carbocycles. The molecule has 0 radical (unpaired) electrons. The lowest BCUT2D eigenvalue weighted by atomic mass is 10.1. The zero-order valence-corrected chi connectivity index (χ0v) is 12.4. The molecule has 1 amide bonds. The first kappa shape index (κ1) is 15.3. The number of carbonyl (C=O) groups excluding carboxylic acids is 1. The SMILES string of the molecule is CCC(NC(C)CNC(=O)OC(C)(C)C)C1CC1. The largest absolute Gasteiger partial charge is 0.444 e. The molecule has 0 spiro atoms. The Kier molecular flexibility index (Phi) is 5.45. The maximum absolute atomic E-state index is 11.5. The summed E-state index contributed by atoms with van der Waals surface area (Å²) in [6, 6.07) is 0.878. The molecule has 0 aromatic carbocycles. The lowest BCUT2D eigenvalue weighted by molar-refractivity contribution is 0.0522. The maximum atomic E-state index is 11.5. The minimum atomic E-state index is -0.430. The van der Waals surface area contributed by atoms with Crippen LogP contribution in [0.5, 0.6) is 0 Å². The fourth-order valence-electron chi connectivity index (χ4n) is 2.06. The second kappa shape index (κ2) is 6.41. The van der Waals surface area contributed by atoms with Gasteiger partial charge in [0.05, 0.1) is 0 Å². The third-order valence-corrected chi connectivity index (χ3v) is 3.08. The molecule has 1 fully saturated rings. The molecule has 2 atom stereocenters. The van der Waals surface area contributed by atoms with E-state index in [1.54, 1.807) is 0 Å². The summed E-state index contributed by atoms with van der Waals surface area (Å²) in [4.78, 5) is 11.5. The van der Waals surface area contributed by atoms with Gasteiger partial charge in [-0.1, -0.05) is 6.92 Å². The van der Waals surface area contributed by atoms with Gasteiger partial charge >= 0.3 is 6.09 Å². The molecule has 4 nitrogen and oxygen atoms in total. The van der Waals surface area contributed by atoms with Crippen LogP contribution in [0.2, 0.25) is 0 Å². The highest BCUT2D eigenvalue weighted by atomic mass is 16.6. The zero-order chi connectivity index (χ0) is 13.8. The lowest BCUT2D eigenvalue weighted by Crippen LogP contribution is -2.45. The second-order valence-electron chi connectivity index (χ2n) is 6.30. The number of nitrogens with one attached hydrogen (secondary N) is 2. The fourth-order valence-corrected chi connectivity index (χ4v) is 2.06. The van der Waals surface area contributed by atoms with E-state index < -0.39 is 5.60 Å². The molecule has 1 rings (SSSR count). The Labute approximate surface area is 111 Å². The molecule has 18 heavy (non-hydrogen) atoms. The second-order valence-corrected chi connectivity index (χ2v) is 6.30. The summed E-state index contributed by atoms with van der Waals surface area (Å²) in [5.74, 6) is 0.846. The van der Waals surface area contributed by atoms with Crippen molar-refractivity contribution in [3.05, 3.63) is 0 Å². The molecule has 4 heteroatoms. The summed E-state index contributed by atoms with van der Waals surface area (Å²) in [6.45, 7) is 10.5. The van der Waals surface area contributed by atoms with Crippen LogP contribution in [0.1, 0.15) is 53.9 Å². The van der Waals surface area contributed by atoms with Gasteiger partial charge in [0.2, 0.25) is 0 Å². The van der Waals surface area contributed by atoms with Crippen LogP contribution in [0.4, 0.5) is 4.79 Å². The number of carbonyl (C=O) groups is 1. The molecule has 0 aromatic rings. The predicted octanol–water partition coefficient (Wildman–Crippen LogP) is 2.68. The van der Waals surface area contributed by atoms with Crippen molar-refractivity contribution < 1.29 is 9.53 Å². The topological polar surface area (TPSA) is 50.4 Å². The van der Waals surface area contributed by atoms with Crippen LogP contribution in [-0.2, 0) is 4.74 Å². The van der Waals surface area contributed by atoms with Gasteiger partial charge in [0.1, 0.15) is 5.60 Å². The van der Waals surface area contributed by atoms with E-state index in [4.69, 9.17) is 4.74 Å². The molecule has 0 aromatic heterocycles. The molecule has 2 unspecified atom stereocenters. The summed E-state index contributed by atoms with van der Waals surface area (Å²) in [5.41, 5.74) is -0.430. The summed E-state index contributed by atoms with van der Waals surface area (Å²) < 4.78 is 5.20. The summed E-state index contributed by atoms with van der Waals surface area (Å²) in [5, 5.41) is 6.38. The quantitative estimate of drug-likeness (QED) is 0.768. The fraction of sp³-hybridized carbons (Fsp3) is 0.929. The first-order valence-corrected chi connectivity index (χ1v) is 7.04. The number of hydrogen-bond acceptors (Lipinski definition) is 3. The Morgan fingerprint density at radius 1 is 1.39 bits per heavy atom. The Balaban J connectivity index is 2.19. The lowest BCUT2D eigenvalue weighted by Gasteiger charge is -2.24. The summed E-state index contributed by atoms with van der Waals surface area (Å²) in [6.07, 6.45) is 3.51. The van der Waals surface area contributed by atoms with E-state index in [2.05, 4.69) is 24.5 Å². The van der Waals surface area contributed by atoms with Crippen molar-refractivity contribution in [1.29, 1.82) is 0 Å². The number of alkyl carbamates (subject to hydrolysis) is 1. The van der Waals surface area contributed by atoms with Crippen LogP contribution < -0.4 is 10.6 Å². The van der Waals surface area contributed by atoms with Crippen LogP contribution in [0.15, 0.2) is 0 Å². The Bertz CT molecular complexity index is 269. The Morgan fingerprint density at radius 3 is 2.44 bits per heavy atom. The van der Waals surface area contributed by atoms with E-state index in [1.807, 2.05) is 20.8 Å². The van der Waals surface area contributed by atoms with E-state index >= 15 is 0 Å². The van der Waals surface area contributed by atoms with Gasteiger partial charge in [-0.2, -0.15) is 0 Å². The van der Waals surface area contributed by atoms with Crippen LogP contribution in [0, 0.1) is 5.92 Å². The van der Waals surface area contributed by atoms with Crippen molar-refractivity contribution in [2.45, 2.75) is 71.6 Å². The summed E-state index contributed by atoms with van der Waals surface area (Å²) in [7, 11) is 0. The highest BCUT2D eigenvalue weighted by molar-refractivity contribution is 5.67. The van der Waals surface area contributed by atoms with Gasteiger partial charge in [-0.25, -0.2) is 4.79 Å². The van der Waals surface area contributed by atoms with E-state index in [0.717, 1.165) is 12.3 Å². The zero-order valence-electron chi connectivity index (χ0n) is 12.4. The smallest absolute Gasteiger partial charge is 0.407 e. The monoisotopic (exact) mass is 256 g/mol. The van der Waals surface area contributed by atoms with Gasteiger partial charge in [0.25, 0.3) is 0 Å². The van der Waals surface area contributed by atoms with E-state index in [9.17, 15) is 4.79 Å². The standard InChI is InChI=1S/C14H28N2O2/c1-6-12(11-7-8-11)16-10(2)9-15-13(17)18-14(3,4)5/h10-12,16H,6-9H2,1-5H3,(H,15,17). The van der Waals surface area contributed by atoms with E-state index in [1.165, 1.54) is 12.8 Å². The molecule has 1 saturated carbocycles. The van der Waals surface area contributed by atoms with Crippen molar-refractivity contribution in [1.82, 2.24) is 10.6 Å².